The molecule has 9 nitrogen and oxygen atoms in total. The average molecular weight is 603 g/mol. The third-order valence-electron chi connectivity index (χ3n) is 6.78. The van der Waals surface area contributed by atoms with Crippen LogP contribution in [0.3, 0.4) is 0 Å². The van der Waals surface area contributed by atoms with E-state index in [2.05, 4.69) is 31.2 Å². The summed E-state index contributed by atoms with van der Waals surface area (Å²) < 4.78 is 25.5. The molecule has 1 unspecified atom stereocenters. The number of nitrogens with zero attached hydrogens (tertiary/aromatic N) is 3. The van der Waals surface area contributed by atoms with Gasteiger partial charge in [0.25, 0.3) is 0 Å². The second-order valence-electron chi connectivity index (χ2n) is 9.10. The first-order valence-corrected chi connectivity index (χ1v) is 13.7. The van der Waals surface area contributed by atoms with Crippen molar-refractivity contribution in [3.63, 3.8) is 0 Å². The normalized spacial score (nSPS) is 21.6. The van der Waals surface area contributed by atoms with Gasteiger partial charge in [-0.1, -0.05) is 12.1 Å². The summed E-state index contributed by atoms with van der Waals surface area (Å²) >= 11 is 4.75. The van der Waals surface area contributed by atoms with E-state index in [4.69, 9.17) is 19.3 Å². The zero-order valence-corrected chi connectivity index (χ0v) is 22.7. The van der Waals surface area contributed by atoms with Crippen LogP contribution in [0.15, 0.2) is 61.2 Å². The minimum atomic E-state index is -0.962. The highest BCUT2D eigenvalue weighted by Gasteiger charge is 2.38. The molecule has 198 valence electrons. The molecule has 0 spiro atoms. The van der Waals surface area contributed by atoms with E-state index >= 15 is 0 Å². The summed E-state index contributed by atoms with van der Waals surface area (Å²) in [6.45, 7) is 0. The van der Waals surface area contributed by atoms with Gasteiger partial charge in [0.2, 0.25) is 0 Å². The number of benzene rings is 1. The minimum Gasteiger partial charge on any atom is -0.481 e. The van der Waals surface area contributed by atoms with Crippen LogP contribution in [0.2, 0.25) is 0 Å². The Labute approximate surface area is 230 Å². The zero-order chi connectivity index (χ0) is 26.8. The van der Waals surface area contributed by atoms with Gasteiger partial charge in [-0.2, -0.15) is 0 Å². The molecule has 0 bridgehead atoms. The molecule has 0 saturated heterocycles. The van der Waals surface area contributed by atoms with Crippen molar-refractivity contribution in [3.8, 4) is 0 Å². The number of allylic oxidation sites excluding steroid dienone is 1. The smallest absolute Gasteiger partial charge is 0.338 e. The van der Waals surface area contributed by atoms with Crippen LogP contribution >= 0.6 is 27.3 Å². The van der Waals surface area contributed by atoms with Crippen molar-refractivity contribution < 1.29 is 28.2 Å². The van der Waals surface area contributed by atoms with Gasteiger partial charge in [-0.3, -0.25) is 9.79 Å². The SMILES string of the molecule is COC(=O)C1=C(C2CCC(c3nc(CC(=O)O)co3)CC2)NC(c2nccs2)=NC1c1cccc(F)c1Br. The number of carbonyl (C=O) groups excluding carboxylic acids is 1. The number of halogens is 2. The maximum Gasteiger partial charge on any atom is 0.338 e. The van der Waals surface area contributed by atoms with Crippen molar-refractivity contribution in [2.45, 2.75) is 44.1 Å². The van der Waals surface area contributed by atoms with E-state index in [-0.39, 0.29) is 22.7 Å². The summed E-state index contributed by atoms with van der Waals surface area (Å²) in [6, 6.07) is 3.87. The number of amidine groups is 1. The number of oxazole rings is 1. The molecular weight excluding hydrogens is 579 g/mol. The molecule has 0 amide bonds. The van der Waals surface area contributed by atoms with Crippen molar-refractivity contribution in [1.29, 1.82) is 0 Å². The topological polar surface area (TPSA) is 127 Å². The predicted molar refractivity (Wildman–Crippen MR) is 140 cm³/mol. The third-order valence-corrected chi connectivity index (χ3v) is 8.39. The molecule has 0 radical (unpaired) electrons. The number of ether oxygens (including phenoxy) is 1. The highest BCUT2D eigenvalue weighted by Crippen LogP contribution is 2.43. The summed E-state index contributed by atoms with van der Waals surface area (Å²) in [6.07, 6.45) is 5.78. The number of rotatable bonds is 7. The summed E-state index contributed by atoms with van der Waals surface area (Å²) in [5.41, 5.74) is 1.93. The number of aliphatic imine (C=N–C) groups is 1. The minimum absolute atomic E-state index is 0.0332. The van der Waals surface area contributed by atoms with Crippen LogP contribution in [0.1, 0.15) is 59.8 Å². The maximum atomic E-state index is 14.5. The quantitative estimate of drug-likeness (QED) is 0.355. The number of thiazole rings is 1. The molecule has 1 fully saturated rings. The molecule has 3 aromatic rings. The molecule has 2 aromatic heterocycles. The first-order chi connectivity index (χ1) is 18.4. The number of nitrogens with one attached hydrogen (secondary N) is 1. The highest BCUT2D eigenvalue weighted by atomic mass is 79.9. The Morgan fingerprint density at radius 2 is 2.03 bits per heavy atom. The average Bonchev–Trinajstić information content (AvgIpc) is 3.62. The lowest BCUT2D eigenvalue weighted by molar-refractivity contribution is -0.137. The lowest BCUT2D eigenvalue weighted by Crippen LogP contribution is -2.37. The number of carboxylic acids is 1. The Hall–Kier alpha value is -3.38. The van der Waals surface area contributed by atoms with Crippen molar-refractivity contribution in [1.82, 2.24) is 15.3 Å². The van der Waals surface area contributed by atoms with Gasteiger partial charge in [-0.15, -0.1) is 11.3 Å². The second-order valence-corrected chi connectivity index (χ2v) is 10.8. The molecule has 2 aliphatic rings. The van der Waals surface area contributed by atoms with Crippen LogP contribution in [-0.2, 0) is 20.7 Å². The van der Waals surface area contributed by atoms with E-state index in [1.807, 2.05) is 5.38 Å². The fraction of sp³-hybridized carbons (Fsp3) is 0.346. The van der Waals surface area contributed by atoms with Gasteiger partial charge in [-0.05, 0) is 59.2 Å². The van der Waals surface area contributed by atoms with E-state index in [0.29, 0.717) is 52.1 Å². The van der Waals surface area contributed by atoms with Gasteiger partial charge in [0.1, 0.15) is 18.1 Å². The second kappa shape index (κ2) is 11.2. The lowest BCUT2D eigenvalue weighted by atomic mass is 9.78. The Morgan fingerprint density at radius 3 is 2.71 bits per heavy atom. The number of carbonyl (C=O) groups is 2. The molecule has 1 aliphatic heterocycles. The number of carboxylic acid groups (broad SMARTS) is 1. The molecule has 3 heterocycles. The van der Waals surface area contributed by atoms with Crippen molar-refractivity contribution in [2.75, 3.05) is 7.11 Å². The number of aromatic nitrogens is 2. The molecule has 5 rings (SSSR count). The first kappa shape index (κ1) is 26.2. The van der Waals surface area contributed by atoms with E-state index in [0.717, 1.165) is 12.8 Å². The van der Waals surface area contributed by atoms with E-state index in [1.165, 1.54) is 30.8 Å². The van der Waals surface area contributed by atoms with Crippen LogP contribution in [-0.4, -0.2) is 40.0 Å². The van der Waals surface area contributed by atoms with Gasteiger partial charge in [0, 0.05) is 23.2 Å². The first-order valence-electron chi connectivity index (χ1n) is 12.0. The van der Waals surface area contributed by atoms with Crippen LogP contribution < -0.4 is 5.32 Å². The van der Waals surface area contributed by atoms with Crippen LogP contribution in [0.5, 0.6) is 0 Å². The molecule has 1 atom stereocenters. The molecule has 2 N–H and O–H groups in total. The van der Waals surface area contributed by atoms with Crippen LogP contribution in [0, 0.1) is 11.7 Å². The molecule has 38 heavy (non-hydrogen) atoms. The summed E-state index contributed by atoms with van der Waals surface area (Å²) in [7, 11) is 1.32. The molecule has 1 aliphatic carbocycles. The predicted octanol–water partition coefficient (Wildman–Crippen LogP) is 5.15. The van der Waals surface area contributed by atoms with Crippen LogP contribution in [0.25, 0.3) is 0 Å². The molecule has 1 aromatic carbocycles. The van der Waals surface area contributed by atoms with Gasteiger partial charge in [0.05, 0.1) is 29.3 Å². The van der Waals surface area contributed by atoms with Gasteiger partial charge < -0.3 is 19.6 Å². The number of hydrogen-bond donors (Lipinski definition) is 2. The van der Waals surface area contributed by atoms with Crippen molar-refractivity contribution >= 4 is 45.0 Å². The summed E-state index contributed by atoms with van der Waals surface area (Å²) in [4.78, 5) is 37.7. The van der Waals surface area contributed by atoms with Crippen molar-refractivity contribution in [3.05, 3.63) is 79.8 Å². The van der Waals surface area contributed by atoms with E-state index < -0.39 is 23.8 Å². The molecule has 12 heteroatoms. The fourth-order valence-electron chi connectivity index (χ4n) is 5.00. The number of hydrogen-bond acceptors (Lipinski definition) is 9. The van der Waals surface area contributed by atoms with Gasteiger partial charge in [0.15, 0.2) is 16.7 Å². The summed E-state index contributed by atoms with van der Waals surface area (Å²) in [5, 5.41) is 14.9. The summed E-state index contributed by atoms with van der Waals surface area (Å²) in [5.74, 6) is -0.900. The van der Waals surface area contributed by atoms with Gasteiger partial charge in [-0.25, -0.2) is 19.2 Å². The monoisotopic (exact) mass is 602 g/mol. The fourth-order valence-corrected chi connectivity index (χ4v) is 6.07. The third kappa shape index (κ3) is 5.28. The van der Waals surface area contributed by atoms with E-state index in [9.17, 15) is 14.0 Å². The Kier molecular flexibility index (Phi) is 7.70. The molecular formula is C26H24BrFN4O5S. The Bertz CT molecular complexity index is 1410. The van der Waals surface area contributed by atoms with Crippen molar-refractivity contribution in [2.24, 2.45) is 10.9 Å². The Balaban J connectivity index is 1.49. The maximum absolute atomic E-state index is 14.5. The standard InChI is InChI=1S/C26H24BrFN4O5S/c1-36-26(35)19-21(13-5-7-14(8-6-13)24-30-15(12-37-24)11-18(33)34)31-23(25-29-9-10-38-25)32-22(19)16-3-2-4-17(28)20(16)27/h2-4,9-10,12-14,22H,5-8,11H2,1H3,(H,31,32)(H,33,34). The number of esters is 1. The number of aliphatic carboxylic acids is 1. The Morgan fingerprint density at radius 1 is 1.26 bits per heavy atom. The van der Waals surface area contributed by atoms with Crippen LogP contribution in [0.4, 0.5) is 4.39 Å². The number of methoxy groups -OCH3 is 1. The molecule has 1 saturated carbocycles. The highest BCUT2D eigenvalue weighted by molar-refractivity contribution is 9.10. The lowest BCUT2D eigenvalue weighted by Gasteiger charge is -2.34. The van der Waals surface area contributed by atoms with E-state index in [1.54, 1.807) is 18.3 Å². The van der Waals surface area contributed by atoms with Gasteiger partial charge >= 0.3 is 11.9 Å². The zero-order valence-electron chi connectivity index (χ0n) is 20.3. The largest absolute Gasteiger partial charge is 0.481 e.